The van der Waals surface area contributed by atoms with Gasteiger partial charge in [0.2, 0.25) is 5.88 Å². The van der Waals surface area contributed by atoms with Gasteiger partial charge in [-0.05, 0) is 25.0 Å². The minimum Gasteiger partial charge on any atom is -0.497 e. The molecule has 0 unspecified atom stereocenters. The second-order valence-corrected chi connectivity index (χ2v) is 6.68. The van der Waals surface area contributed by atoms with Crippen molar-refractivity contribution in [3.63, 3.8) is 0 Å². The van der Waals surface area contributed by atoms with E-state index < -0.39 is 0 Å². The molecule has 1 aliphatic heterocycles. The average molecular weight is 391 g/mol. The highest BCUT2D eigenvalue weighted by molar-refractivity contribution is 5.92. The molecule has 2 aromatic heterocycles. The molecule has 1 fully saturated rings. The van der Waals surface area contributed by atoms with E-state index in [-0.39, 0.29) is 11.8 Å². The van der Waals surface area contributed by atoms with Gasteiger partial charge in [0.25, 0.3) is 5.91 Å². The highest BCUT2D eigenvalue weighted by Gasteiger charge is 2.28. The predicted molar refractivity (Wildman–Crippen MR) is 105 cm³/mol. The smallest absolute Gasteiger partial charge is 0.274 e. The minimum absolute atomic E-state index is 0.0939. The SMILES string of the molecule is COc1cccc(Oc2nccnc2C2CCN(C(=O)c3cnccn3)CC2)c1. The Balaban J connectivity index is 1.45. The Labute approximate surface area is 168 Å². The first-order chi connectivity index (χ1) is 14.2. The summed E-state index contributed by atoms with van der Waals surface area (Å²) < 4.78 is 11.2. The molecule has 8 heteroatoms. The van der Waals surface area contributed by atoms with Gasteiger partial charge in [0.15, 0.2) is 0 Å². The first-order valence-corrected chi connectivity index (χ1v) is 9.42. The number of aromatic nitrogens is 4. The van der Waals surface area contributed by atoms with Crippen molar-refractivity contribution in [1.82, 2.24) is 24.8 Å². The van der Waals surface area contributed by atoms with Crippen molar-refractivity contribution < 1.29 is 14.3 Å². The first kappa shape index (κ1) is 18.8. The van der Waals surface area contributed by atoms with Crippen LogP contribution in [0.3, 0.4) is 0 Å². The molecule has 0 bridgehead atoms. The van der Waals surface area contributed by atoms with Crippen LogP contribution < -0.4 is 9.47 Å². The number of rotatable bonds is 5. The van der Waals surface area contributed by atoms with Crippen molar-refractivity contribution in [2.45, 2.75) is 18.8 Å². The molecule has 1 aromatic carbocycles. The van der Waals surface area contributed by atoms with Crippen molar-refractivity contribution in [2.24, 2.45) is 0 Å². The maximum absolute atomic E-state index is 12.6. The topological polar surface area (TPSA) is 90.3 Å². The summed E-state index contributed by atoms with van der Waals surface area (Å²) in [5.41, 5.74) is 1.18. The fourth-order valence-electron chi connectivity index (χ4n) is 3.40. The number of carbonyl (C=O) groups excluding carboxylic acids is 1. The zero-order valence-corrected chi connectivity index (χ0v) is 16.1. The van der Waals surface area contributed by atoms with E-state index in [4.69, 9.17) is 9.47 Å². The number of methoxy groups -OCH3 is 1. The molecule has 3 aromatic rings. The summed E-state index contributed by atoms with van der Waals surface area (Å²) in [6.45, 7) is 1.24. The van der Waals surface area contributed by atoms with E-state index in [0.717, 1.165) is 18.5 Å². The lowest BCUT2D eigenvalue weighted by Gasteiger charge is -2.31. The van der Waals surface area contributed by atoms with Gasteiger partial charge in [-0.3, -0.25) is 14.8 Å². The van der Waals surface area contributed by atoms with Crippen LogP contribution in [0.25, 0.3) is 0 Å². The van der Waals surface area contributed by atoms with Crippen LogP contribution in [0.15, 0.2) is 55.2 Å². The second-order valence-electron chi connectivity index (χ2n) is 6.68. The lowest BCUT2D eigenvalue weighted by atomic mass is 9.93. The van der Waals surface area contributed by atoms with Gasteiger partial charge in [-0.15, -0.1) is 0 Å². The number of carbonyl (C=O) groups is 1. The molecule has 0 N–H and O–H groups in total. The normalized spacial score (nSPS) is 14.4. The van der Waals surface area contributed by atoms with Gasteiger partial charge < -0.3 is 14.4 Å². The molecule has 1 saturated heterocycles. The predicted octanol–water partition coefficient (Wildman–Crippen LogP) is 3.09. The monoisotopic (exact) mass is 391 g/mol. The van der Waals surface area contributed by atoms with E-state index >= 15 is 0 Å². The van der Waals surface area contributed by atoms with Crippen LogP contribution in [-0.4, -0.2) is 50.9 Å². The van der Waals surface area contributed by atoms with Crippen LogP contribution in [0, 0.1) is 0 Å². The third kappa shape index (κ3) is 4.31. The van der Waals surface area contributed by atoms with Gasteiger partial charge >= 0.3 is 0 Å². The Morgan fingerprint density at radius 2 is 1.79 bits per heavy atom. The fraction of sp³-hybridized carbons (Fsp3) is 0.286. The Hall–Kier alpha value is -3.55. The third-order valence-corrected chi connectivity index (χ3v) is 4.90. The second kappa shape index (κ2) is 8.64. The summed E-state index contributed by atoms with van der Waals surface area (Å²) in [6, 6.07) is 7.37. The number of hydrogen-bond donors (Lipinski definition) is 0. The molecular formula is C21H21N5O3. The number of benzene rings is 1. The van der Waals surface area contributed by atoms with Gasteiger partial charge in [-0.2, -0.15) is 0 Å². The largest absolute Gasteiger partial charge is 0.497 e. The van der Waals surface area contributed by atoms with Crippen LogP contribution in [0.1, 0.15) is 34.9 Å². The van der Waals surface area contributed by atoms with Crippen molar-refractivity contribution in [3.05, 3.63) is 66.6 Å². The molecule has 4 rings (SSSR count). The average Bonchev–Trinajstić information content (AvgIpc) is 2.80. The quantitative estimate of drug-likeness (QED) is 0.660. The molecule has 148 valence electrons. The van der Waals surface area contributed by atoms with Crippen molar-refractivity contribution >= 4 is 5.91 Å². The summed E-state index contributed by atoms with van der Waals surface area (Å²) in [7, 11) is 1.61. The van der Waals surface area contributed by atoms with E-state index in [0.29, 0.717) is 36.2 Å². The highest BCUT2D eigenvalue weighted by Crippen LogP contribution is 2.34. The molecule has 8 nitrogen and oxygen atoms in total. The van der Waals surface area contributed by atoms with E-state index in [1.165, 1.54) is 12.4 Å². The summed E-state index contributed by atoms with van der Waals surface area (Å²) in [5.74, 6) is 1.91. The zero-order valence-electron chi connectivity index (χ0n) is 16.1. The Kier molecular flexibility index (Phi) is 5.60. The Morgan fingerprint density at radius 1 is 1.03 bits per heavy atom. The van der Waals surface area contributed by atoms with E-state index in [1.807, 2.05) is 18.2 Å². The summed E-state index contributed by atoms with van der Waals surface area (Å²) in [6.07, 6.45) is 9.43. The van der Waals surface area contributed by atoms with Gasteiger partial charge in [-0.1, -0.05) is 6.07 Å². The molecule has 0 radical (unpaired) electrons. The molecule has 1 amide bonds. The van der Waals surface area contributed by atoms with Crippen LogP contribution in [0.4, 0.5) is 0 Å². The maximum Gasteiger partial charge on any atom is 0.274 e. The van der Waals surface area contributed by atoms with Crippen LogP contribution >= 0.6 is 0 Å². The fourth-order valence-corrected chi connectivity index (χ4v) is 3.40. The van der Waals surface area contributed by atoms with Gasteiger partial charge in [0, 0.05) is 49.9 Å². The molecule has 3 heterocycles. The van der Waals surface area contributed by atoms with Crippen molar-refractivity contribution in [3.8, 4) is 17.4 Å². The lowest BCUT2D eigenvalue weighted by molar-refractivity contribution is 0.0705. The van der Waals surface area contributed by atoms with E-state index in [9.17, 15) is 4.79 Å². The molecule has 0 spiro atoms. The van der Waals surface area contributed by atoms with Crippen LogP contribution in [-0.2, 0) is 0 Å². The van der Waals surface area contributed by atoms with Crippen molar-refractivity contribution in [2.75, 3.05) is 20.2 Å². The number of piperidine rings is 1. The van der Waals surface area contributed by atoms with Gasteiger partial charge in [-0.25, -0.2) is 9.97 Å². The maximum atomic E-state index is 12.6. The van der Waals surface area contributed by atoms with Crippen LogP contribution in [0.2, 0.25) is 0 Å². The molecule has 0 aliphatic carbocycles. The number of ether oxygens (including phenoxy) is 2. The van der Waals surface area contributed by atoms with Crippen LogP contribution in [0.5, 0.6) is 17.4 Å². The van der Waals surface area contributed by atoms with Crippen molar-refractivity contribution in [1.29, 1.82) is 0 Å². The summed E-state index contributed by atoms with van der Waals surface area (Å²) >= 11 is 0. The number of hydrogen-bond acceptors (Lipinski definition) is 7. The summed E-state index contributed by atoms with van der Waals surface area (Å²) in [5, 5.41) is 0. The number of amides is 1. The number of nitrogens with zero attached hydrogens (tertiary/aromatic N) is 5. The highest BCUT2D eigenvalue weighted by atomic mass is 16.5. The third-order valence-electron chi connectivity index (χ3n) is 4.90. The standard InChI is InChI=1S/C21H21N5O3/c1-28-16-3-2-4-17(13-16)29-20-19(24-9-10-25-20)15-5-11-26(12-6-15)21(27)18-14-22-7-8-23-18/h2-4,7-10,13-15H,5-6,11-12H2,1H3. The first-order valence-electron chi connectivity index (χ1n) is 9.42. The number of likely N-dealkylation sites (tertiary alicyclic amines) is 1. The van der Waals surface area contributed by atoms with E-state index in [1.54, 1.807) is 36.7 Å². The van der Waals surface area contributed by atoms with Gasteiger partial charge in [0.1, 0.15) is 22.9 Å². The molecule has 1 aliphatic rings. The molecule has 0 atom stereocenters. The molecular weight excluding hydrogens is 370 g/mol. The minimum atomic E-state index is -0.0939. The zero-order chi connectivity index (χ0) is 20.1. The van der Waals surface area contributed by atoms with Gasteiger partial charge in [0.05, 0.1) is 13.3 Å². The van der Waals surface area contributed by atoms with E-state index in [2.05, 4.69) is 19.9 Å². The Morgan fingerprint density at radius 3 is 2.55 bits per heavy atom. The Bertz CT molecular complexity index is 975. The molecule has 0 saturated carbocycles. The lowest BCUT2D eigenvalue weighted by Crippen LogP contribution is -2.38. The molecule has 29 heavy (non-hydrogen) atoms. The summed E-state index contributed by atoms with van der Waals surface area (Å²) in [4.78, 5) is 31.4.